The van der Waals surface area contributed by atoms with Crippen LogP contribution in [0.4, 0.5) is 0 Å². The summed E-state index contributed by atoms with van der Waals surface area (Å²) in [6.45, 7) is 1.53. The molecule has 0 saturated heterocycles. The molecule has 0 rings (SSSR count). The van der Waals surface area contributed by atoms with E-state index in [0.29, 0.717) is 0 Å². The van der Waals surface area contributed by atoms with Gasteiger partial charge in [-0.25, -0.2) is 0 Å². The standard InChI is InChI=1S/C4H5NO2Se/c1-3(4(6)7)8-2-5/h3H,1H3,(H,6,7). The summed E-state index contributed by atoms with van der Waals surface area (Å²) in [7, 11) is 0. The number of rotatable bonds is 2. The fraction of sp³-hybridized carbons (Fsp3) is 0.500. The monoisotopic (exact) mass is 179 g/mol. The fourth-order valence-electron chi connectivity index (χ4n) is 0.129. The molecule has 0 aromatic carbocycles. The predicted molar refractivity (Wildman–Crippen MR) is 28.4 cm³/mol. The molecule has 1 N–H and O–H groups in total. The quantitative estimate of drug-likeness (QED) is 0.608. The summed E-state index contributed by atoms with van der Waals surface area (Å²) >= 11 is -0.397. The van der Waals surface area contributed by atoms with Crippen molar-refractivity contribution in [2.75, 3.05) is 0 Å². The molecule has 0 spiro atoms. The Morgan fingerprint density at radius 3 is 2.62 bits per heavy atom. The Hall–Kier alpha value is -0.521. The van der Waals surface area contributed by atoms with E-state index in [0.717, 1.165) is 0 Å². The van der Waals surface area contributed by atoms with Crippen LogP contribution < -0.4 is 0 Å². The maximum atomic E-state index is 9.95. The number of carboxylic acids is 1. The van der Waals surface area contributed by atoms with Crippen molar-refractivity contribution in [3.63, 3.8) is 0 Å². The zero-order valence-corrected chi connectivity index (χ0v) is 6.00. The van der Waals surface area contributed by atoms with Crippen molar-refractivity contribution >= 4 is 20.9 Å². The molecular formula is C4H5NO2Se. The van der Waals surface area contributed by atoms with Crippen LogP contribution in [0.1, 0.15) is 6.92 Å². The number of carboxylic acid groups (broad SMARTS) is 1. The summed E-state index contributed by atoms with van der Waals surface area (Å²) in [5.41, 5.74) is 0. The molecule has 0 aliphatic carbocycles. The maximum absolute atomic E-state index is 9.95. The van der Waals surface area contributed by atoms with Crippen molar-refractivity contribution in [3.8, 4) is 4.97 Å². The van der Waals surface area contributed by atoms with Crippen molar-refractivity contribution in [1.29, 1.82) is 5.26 Å². The van der Waals surface area contributed by atoms with Gasteiger partial charge < -0.3 is 0 Å². The van der Waals surface area contributed by atoms with Gasteiger partial charge in [-0.3, -0.25) is 0 Å². The van der Waals surface area contributed by atoms with E-state index in [-0.39, 0.29) is 0 Å². The van der Waals surface area contributed by atoms with Crippen molar-refractivity contribution in [2.24, 2.45) is 0 Å². The fourth-order valence-corrected chi connectivity index (χ4v) is 0.673. The molecule has 0 amide bonds. The topological polar surface area (TPSA) is 61.1 Å². The van der Waals surface area contributed by atoms with Crippen molar-refractivity contribution < 1.29 is 9.90 Å². The SMILES string of the molecule is CC([Se]C#N)C(=O)O. The Labute approximate surface area is 53.5 Å². The number of hydrogen-bond acceptors (Lipinski definition) is 2. The van der Waals surface area contributed by atoms with Gasteiger partial charge in [0.2, 0.25) is 0 Å². The Morgan fingerprint density at radius 1 is 2.00 bits per heavy atom. The van der Waals surface area contributed by atoms with Gasteiger partial charge in [-0.2, -0.15) is 0 Å². The third-order valence-corrected chi connectivity index (χ3v) is 1.96. The first kappa shape index (κ1) is 7.48. The van der Waals surface area contributed by atoms with Crippen LogP contribution in [0.2, 0.25) is 4.82 Å². The van der Waals surface area contributed by atoms with Gasteiger partial charge in [0.05, 0.1) is 0 Å². The van der Waals surface area contributed by atoms with Gasteiger partial charge in [-0.1, -0.05) is 0 Å². The van der Waals surface area contributed by atoms with Crippen LogP contribution in [0.15, 0.2) is 0 Å². The molecular weight excluding hydrogens is 173 g/mol. The zero-order chi connectivity index (χ0) is 6.57. The van der Waals surface area contributed by atoms with Crippen LogP contribution in [0.25, 0.3) is 0 Å². The summed E-state index contributed by atoms with van der Waals surface area (Å²) in [4.78, 5) is 11.3. The molecule has 0 heterocycles. The summed E-state index contributed by atoms with van der Waals surface area (Å²) < 4.78 is 0. The summed E-state index contributed by atoms with van der Waals surface area (Å²) in [6.07, 6.45) is 0. The van der Waals surface area contributed by atoms with E-state index in [1.54, 1.807) is 0 Å². The summed E-state index contributed by atoms with van der Waals surface area (Å²) in [5.74, 6) is -0.883. The van der Waals surface area contributed by atoms with Crippen molar-refractivity contribution in [2.45, 2.75) is 11.7 Å². The molecule has 0 aromatic heterocycles. The second-order valence-corrected chi connectivity index (χ2v) is 3.55. The van der Waals surface area contributed by atoms with E-state index in [4.69, 9.17) is 10.4 Å². The molecule has 1 atom stereocenters. The molecule has 0 saturated carbocycles. The number of aliphatic carboxylic acids is 1. The Morgan fingerprint density at radius 2 is 2.50 bits per heavy atom. The molecule has 0 radical (unpaired) electrons. The minimum absolute atomic E-state index is 0.397. The van der Waals surface area contributed by atoms with E-state index in [1.807, 2.05) is 4.97 Å². The van der Waals surface area contributed by atoms with E-state index in [2.05, 4.69) is 0 Å². The summed E-state index contributed by atoms with van der Waals surface area (Å²) in [5, 5.41) is 16.2. The zero-order valence-electron chi connectivity index (χ0n) is 4.29. The van der Waals surface area contributed by atoms with Gasteiger partial charge in [0.15, 0.2) is 0 Å². The van der Waals surface area contributed by atoms with E-state index < -0.39 is 25.7 Å². The minimum atomic E-state index is -0.883. The molecule has 3 nitrogen and oxygen atoms in total. The molecule has 0 bridgehead atoms. The van der Waals surface area contributed by atoms with Crippen LogP contribution in [-0.2, 0) is 4.79 Å². The first-order valence-electron chi connectivity index (χ1n) is 1.96. The van der Waals surface area contributed by atoms with Gasteiger partial charge in [0, 0.05) is 0 Å². The van der Waals surface area contributed by atoms with Gasteiger partial charge >= 0.3 is 52.8 Å². The normalized spacial score (nSPS) is 12.0. The molecule has 44 valence electrons. The Balaban J connectivity index is 3.52. The first-order chi connectivity index (χ1) is 3.68. The third kappa shape index (κ3) is 2.62. The summed E-state index contributed by atoms with van der Waals surface area (Å²) in [6, 6.07) is 0. The van der Waals surface area contributed by atoms with Gasteiger partial charge in [0.25, 0.3) is 0 Å². The number of hydrogen-bond donors (Lipinski definition) is 1. The van der Waals surface area contributed by atoms with Crippen molar-refractivity contribution in [1.82, 2.24) is 0 Å². The van der Waals surface area contributed by atoms with Crippen LogP contribution in [-0.4, -0.2) is 26.0 Å². The molecule has 0 aliphatic heterocycles. The first-order valence-corrected chi connectivity index (χ1v) is 3.80. The van der Waals surface area contributed by atoms with E-state index >= 15 is 0 Å². The van der Waals surface area contributed by atoms with Crippen LogP contribution >= 0.6 is 0 Å². The number of nitriles is 1. The van der Waals surface area contributed by atoms with Crippen LogP contribution in [0, 0.1) is 10.2 Å². The number of nitrogens with zero attached hydrogens (tertiary/aromatic N) is 1. The predicted octanol–water partition coefficient (Wildman–Crippen LogP) is 0.0647. The molecule has 0 aliphatic rings. The van der Waals surface area contributed by atoms with E-state index in [1.165, 1.54) is 6.92 Å². The number of carbonyl (C=O) groups is 1. The Bertz CT molecular complexity index is 128. The Kier molecular flexibility index (Phi) is 3.25. The van der Waals surface area contributed by atoms with Gasteiger partial charge in [-0.05, 0) is 0 Å². The van der Waals surface area contributed by atoms with Crippen molar-refractivity contribution in [3.05, 3.63) is 0 Å². The molecule has 4 heteroatoms. The third-order valence-electron chi connectivity index (χ3n) is 0.577. The second-order valence-electron chi connectivity index (χ2n) is 1.19. The second kappa shape index (κ2) is 3.48. The molecule has 0 fully saturated rings. The van der Waals surface area contributed by atoms with Crippen LogP contribution in [0.3, 0.4) is 0 Å². The van der Waals surface area contributed by atoms with Crippen LogP contribution in [0.5, 0.6) is 0 Å². The average Bonchev–Trinajstić information content (AvgIpc) is 1.67. The molecule has 8 heavy (non-hydrogen) atoms. The van der Waals surface area contributed by atoms with Gasteiger partial charge in [0.1, 0.15) is 0 Å². The average molecular weight is 178 g/mol. The molecule has 1 unspecified atom stereocenters. The molecule has 0 aromatic rings. The van der Waals surface area contributed by atoms with Gasteiger partial charge in [-0.15, -0.1) is 0 Å². The van der Waals surface area contributed by atoms with E-state index in [9.17, 15) is 4.79 Å².